The molecule has 3 rings (SSSR count). The summed E-state index contributed by atoms with van der Waals surface area (Å²) in [6, 6.07) is 7.98. The van der Waals surface area contributed by atoms with Gasteiger partial charge in [-0.25, -0.2) is 13.2 Å². The van der Waals surface area contributed by atoms with Crippen molar-refractivity contribution < 1.29 is 22.4 Å². The Morgan fingerprint density at radius 1 is 1.14 bits per heavy atom. The number of benzene rings is 2. The summed E-state index contributed by atoms with van der Waals surface area (Å²) in [5.74, 6) is -0.135. The standard InChI is InChI=1S/C18H14Br3NO5S/c1-3-26-18(23)16-9(2)27-17-12(16)7-11(8-14(17)21)22-28(24,25)15-6-10(19)4-5-13(15)20/h4-8,22H,3H2,1-2H3. The number of anilines is 1. The molecule has 0 saturated heterocycles. The number of sulfonamides is 1. The molecule has 0 radical (unpaired) electrons. The molecule has 1 aromatic heterocycles. The summed E-state index contributed by atoms with van der Waals surface area (Å²) in [6.07, 6.45) is 0. The van der Waals surface area contributed by atoms with Gasteiger partial charge in [0.15, 0.2) is 0 Å². The molecule has 3 aromatic rings. The number of fused-ring (bicyclic) bond motifs is 1. The highest BCUT2D eigenvalue weighted by Gasteiger charge is 2.24. The zero-order valence-corrected chi connectivity index (χ0v) is 20.3. The van der Waals surface area contributed by atoms with Gasteiger partial charge in [-0.15, -0.1) is 0 Å². The third kappa shape index (κ3) is 4.14. The molecular weight excluding hydrogens is 582 g/mol. The second kappa shape index (κ2) is 8.17. The lowest BCUT2D eigenvalue weighted by molar-refractivity contribution is 0.0526. The zero-order valence-electron chi connectivity index (χ0n) is 14.7. The second-order valence-electron chi connectivity index (χ2n) is 5.77. The molecule has 0 fully saturated rings. The number of hydrogen-bond acceptors (Lipinski definition) is 5. The minimum Gasteiger partial charge on any atom is -0.462 e. The largest absolute Gasteiger partial charge is 0.462 e. The summed E-state index contributed by atoms with van der Waals surface area (Å²) in [5, 5.41) is 0.455. The molecule has 1 heterocycles. The molecule has 0 unspecified atom stereocenters. The minimum atomic E-state index is -3.88. The van der Waals surface area contributed by atoms with Gasteiger partial charge in [-0.2, -0.15) is 0 Å². The van der Waals surface area contributed by atoms with Crippen molar-refractivity contribution in [1.29, 1.82) is 0 Å². The molecule has 0 bridgehead atoms. The molecule has 1 N–H and O–H groups in total. The van der Waals surface area contributed by atoms with Crippen molar-refractivity contribution in [3.05, 3.63) is 55.1 Å². The van der Waals surface area contributed by atoms with Gasteiger partial charge in [0.05, 0.1) is 16.8 Å². The van der Waals surface area contributed by atoms with Crippen molar-refractivity contribution in [3.8, 4) is 0 Å². The van der Waals surface area contributed by atoms with Crippen LogP contribution in [-0.2, 0) is 14.8 Å². The average molecular weight is 596 g/mol. The van der Waals surface area contributed by atoms with Crippen LogP contribution in [0.2, 0.25) is 0 Å². The number of hydrogen-bond donors (Lipinski definition) is 1. The van der Waals surface area contributed by atoms with Crippen molar-refractivity contribution in [2.45, 2.75) is 18.7 Å². The first-order chi connectivity index (χ1) is 13.1. The number of aryl methyl sites for hydroxylation is 1. The number of halogens is 3. The van der Waals surface area contributed by atoms with Crippen LogP contribution in [0.3, 0.4) is 0 Å². The van der Waals surface area contributed by atoms with Crippen molar-refractivity contribution >= 4 is 80.4 Å². The first kappa shape index (κ1) is 21.4. The summed E-state index contributed by atoms with van der Waals surface area (Å²) in [5.41, 5.74) is 0.979. The van der Waals surface area contributed by atoms with Gasteiger partial charge in [0, 0.05) is 14.3 Å². The highest BCUT2D eigenvalue weighted by molar-refractivity contribution is 9.11. The molecule has 28 heavy (non-hydrogen) atoms. The van der Waals surface area contributed by atoms with Crippen molar-refractivity contribution in [2.24, 2.45) is 0 Å². The lowest BCUT2D eigenvalue weighted by Crippen LogP contribution is -2.13. The Balaban J connectivity index is 2.10. The van der Waals surface area contributed by atoms with Gasteiger partial charge in [-0.05, 0) is 76.0 Å². The number of nitrogens with one attached hydrogen (secondary N) is 1. The Bertz CT molecular complexity index is 1190. The van der Waals surface area contributed by atoms with Gasteiger partial charge in [0.2, 0.25) is 0 Å². The van der Waals surface area contributed by atoms with Crippen LogP contribution < -0.4 is 4.72 Å². The smallest absolute Gasteiger partial charge is 0.342 e. The van der Waals surface area contributed by atoms with Crippen LogP contribution >= 0.6 is 47.8 Å². The van der Waals surface area contributed by atoms with Crippen LogP contribution in [0.4, 0.5) is 5.69 Å². The molecule has 0 saturated carbocycles. The first-order valence-corrected chi connectivity index (χ1v) is 11.9. The molecule has 0 aliphatic rings. The highest BCUT2D eigenvalue weighted by atomic mass is 79.9. The molecule has 0 spiro atoms. The summed E-state index contributed by atoms with van der Waals surface area (Å²) >= 11 is 9.91. The third-order valence-electron chi connectivity index (χ3n) is 3.83. The molecule has 2 aromatic carbocycles. The SMILES string of the molecule is CCOC(=O)c1c(C)oc2c(Br)cc(NS(=O)(=O)c3cc(Br)ccc3Br)cc12. The molecule has 148 valence electrons. The Labute approximate surface area is 187 Å². The van der Waals surface area contributed by atoms with E-state index in [1.165, 1.54) is 6.07 Å². The van der Waals surface area contributed by atoms with Gasteiger partial charge < -0.3 is 9.15 Å². The fourth-order valence-corrected chi connectivity index (χ4v) is 5.77. The number of ether oxygens (including phenoxy) is 1. The molecule has 0 atom stereocenters. The maximum absolute atomic E-state index is 12.9. The summed E-state index contributed by atoms with van der Waals surface area (Å²) in [7, 11) is -3.88. The maximum atomic E-state index is 12.9. The maximum Gasteiger partial charge on any atom is 0.342 e. The fourth-order valence-electron chi connectivity index (χ4n) is 2.69. The number of rotatable bonds is 5. The van der Waals surface area contributed by atoms with E-state index in [0.717, 1.165) is 0 Å². The number of carbonyl (C=O) groups is 1. The number of carbonyl (C=O) groups excluding carboxylic acids is 1. The monoisotopic (exact) mass is 593 g/mol. The van der Waals surface area contributed by atoms with E-state index in [0.29, 0.717) is 30.1 Å². The summed E-state index contributed by atoms with van der Waals surface area (Å²) in [6.45, 7) is 3.58. The predicted molar refractivity (Wildman–Crippen MR) is 117 cm³/mol. The van der Waals surface area contributed by atoms with E-state index in [1.54, 1.807) is 38.1 Å². The van der Waals surface area contributed by atoms with Crippen molar-refractivity contribution in [1.82, 2.24) is 0 Å². The fraction of sp³-hybridized carbons (Fsp3) is 0.167. The topological polar surface area (TPSA) is 85.6 Å². The van der Waals surface area contributed by atoms with Crippen molar-refractivity contribution in [2.75, 3.05) is 11.3 Å². The molecule has 0 amide bonds. The lowest BCUT2D eigenvalue weighted by Gasteiger charge is -2.11. The molecule has 6 nitrogen and oxygen atoms in total. The van der Waals surface area contributed by atoms with E-state index in [4.69, 9.17) is 9.15 Å². The number of furan rings is 1. The van der Waals surface area contributed by atoms with Gasteiger partial charge in [0.25, 0.3) is 10.0 Å². The Hall–Kier alpha value is -1.36. The van der Waals surface area contributed by atoms with Crippen LogP contribution in [0.15, 0.2) is 53.1 Å². The summed E-state index contributed by atoms with van der Waals surface area (Å²) in [4.78, 5) is 12.4. The van der Waals surface area contributed by atoms with E-state index in [1.807, 2.05) is 0 Å². The summed E-state index contributed by atoms with van der Waals surface area (Å²) < 4.78 is 40.6. The molecule has 0 aliphatic carbocycles. The van der Waals surface area contributed by atoms with Gasteiger partial charge >= 0.3 is 5.97 Å². The minimum absolute atomic E-state index is 0.0760. The molecule has 0 aliphatic heterocycles. The Morgan fingerprint density at radius 2 is 1.86 bits per heavy atom. The van der Waals surface area contributed by atoms with Crippen LogP contribution in [0.5, 0.6) is 0 Å². The number of esters is 1. The van der Waals surface area contributed by atoms with Crippen LogP contribution in [0, 0.1) is 6.92 Å². The average Bonchev–Trinajstić information content (AvgIpc) is 2.93. The zero-order chi connectivity index (χ0) is 20.6. The van der Waals surface area contributed by atoms with E-state index in [9.17, 15) is 13.2 Å². The Morgan fingerprint density at radius 3 is 2.54 bits per heavy atom. The Kier molecular flexibility index (Phi) is 6.23. The third-order valence-corrected chi connectivity index (χ3v) is 7.29. The highest BCUT2D eigenvalue weighted by Crippen LogP contribution is 2.36. The van der Waals surface area contributed by atoms with E-state index >= 15 is 0 Å². The normalized spacial score (nSPS) is 11.6. The van der Waals surface area contributed by atoms with Crippen LogP contribution in [0.1, 0.15) is 23.0 Å². The van der Waals surface area contributed by atoms with E-state index in [2.05, 4.69) is 52.5 Å². The molecule has 10 heteroatoms. The quantitative estimate of drug-likeness (QED) is 0.365. The van der Waals surface area contributed by atoms with E-state index < -0.39 is 16.0 Å². The predicted octanol–water partition coefficient (Wildman–Crippen LogP) is 6.01. The van der Waals surface area contributed by atoms with Gasteiger partial charge in [-0.1, -0.05) is 15.9 Å². The van der Waals surface area contributed by atoms with E-state index in [-0.39, 0.29) is 22.8 Å². The molecular formula is C18H14Br3NO5S. The van der Waals surface area contributed by atoms with Crippen molar-refractivity contribution in [3.63, 3.8) is 0 Å². The van der Waals surface area contributed by atoms with Gasteiger partial charge in [0.1, 0.15) is 21.8 Å². The second-order valence-corrected chi connectivity index (χ2v) is 10.0. The lowest BCUT2D eigenvalue weighted by atomic mass is 10.1. The van der Waals surface area contributed by atoms with Crippen LogP contribution in [-0.4, -0.2) is 21.0 Å². The van der Waals surface area contributed by atoms with Gasteiger partial charge in [-0.3, -0.25) is 4.72 Å². The first-order valence-electron chi connectivity index (χ1n) is 8.01. The van der Waals surface area contributed by atoms with Crippen LogP contribution in [0.25, 0.3) is 11.0 Å².